The predicted molar refractivity (Wildman–Crippen MR) is 57.2 cm³/mol. The van der Waals surface area contributed by atoms with Gasteiger partial charge in [-0.25, -0.2) is 4.39 Å². The van der Waals surface area contributed by atoms with Crippen LogP contribution in [0.2, 0.25) is 0 Å². The van der Waals surface area contributed by atoms with Gasteiger partial charge in [-0.2, -0.15) is 0 Å². The van der Waals surface area contributed by atoms with E-state index in [4.69, 9.17) is 4.52 Å². The summed E-state index contributed by atoms with van der Waals surface area (Å²) in [5.41, 5.74) is 2.98. The zero-order chi connectivity index (χ0) is 11.0. The van der Waals surface area contributed by atoms with Gasteiger partial charge in [-0.3, -0.25) is 0 Å². The molecule has 3 nitrogen and oxygen atoms in total. The Morgan fingerprint density at radius 2 is 1.88 bits per heavy atom. The van der Waals surface area contributed by atoms with Gasteiger partial charge in [0, 0.05) is 5.27 Å². The van der Waals surface area contributed by atoms with Crippen LogP contribution in [0.25, 0.3) is 22.2 Å². The lowest BCUT2D eigenvalue weighted by molar-refractivity contribution is 0.424. The zero-order valence-electron chi connectivity index (χ0n) is 8.22. The van der Waals surface area contributed by atoms with Gasteiger partial charge in [0.2, 0.25) is 0 Å². The van der Waals surface area contributed by atoms with Gasteiger partial charge in [-0.1, -0.05) is 18.2 Å². The molecular weight excluding hydrogens is 207 g/mol. The molecule has 0 saturated carbocycles. The third-order valence-corrected chi connectivity index (χ3v) is 2.41. The van der Waals surface area contributed by atoms with Gasteiger partial charge in [0.25, 0.3) is 0 Å². The van der Waals surface area contributed by atoms with Crippen molar-refractivity contribution in [1.29, 1.82) is 0 Å². The molecule has 0 aliphatic heterocycles. The minimum Gasteiger partial charge on any atom is -0.337 e. The highest BCUT2D eigenvalue weighted by Crippen LogP contribution is 2.23. The maximum absolute atomic E-state index is 13.1. The van der Waals surface area contributed by atoms with E-state index in [9.17, 15) is 4.39 Å². The number of rotatable bonds is 1. The highest BCUT2D eigenvalue weighted by atomic mass is 19.1. The third kappa shape index (κ3) is 1.44. The summed E-state index contributed by atoms with van der Waals surface area (Å²) in [6.45, 7) is 0. The van der Waals surface area contributed by atoms with Gasteiger partial charge in [-0.05, 0) is 35.4 Å². The van der Waals surface area contributed by atoms with Crippen molar-refractivity contribution in [1.82, 2.24) is 10.4 Å². The van der Waals surface area contributed by atoms with Crippen LogP contribution in [0.3, 0.4) is 0 Å². The molecule has 16 heavy (non-hydrogen) atoms. The molecule has 1 heterocycles. The Bertz CT molecular complexity index is 648. The Labute approximate surface area is 90.5 Å². The second-order valence-electron chi connectivity index (χ2n) is 3.47. The number of aromatic nitrogens is 2. The molecule has 0 N–H and O–H groups in total. The molecule has 0 saturated heterocycles. The Morgan fingerprint density at radius 3 is 2.75 bits per heavy atom. The maximum atomic E-state index is 13.1. The zero-order valence-corrected chi connectivity index (χ0v) is 8.22. The average Bonchev–Trinajstić information content (AvgIpc) is 2.75. The van der Waals surface area contributed by atoms with Gasteiger partial charge in [0.1, 0.15) is 11.3 Å². The van der Waals surface area contributed by atoms with Crippen molar-refractivity contribution in [2.24, 2.45) is 0 Å². The Balaban J connectivity index is 2.18. The summed E-state index contributed by atoms with van der Waals surface area (Å²) in [6, 6.07) is 11.9. The summed E-state index contributed by atoms with van der Waals surface area (Å²) >= 11 is 0. The van der Waals surface area contributed by atoms with Crippen molar-refractivity contribution in [3.8, 4) is 11.1 Å². The van der Waals surface area contributed by atoms with Gasteiger partial charge < -0.3 is 4.52 Å². The smallest absolute Gasteiger partial charge is 0.188 e. The van der Waals surface area contributed by atoms with Crippen LogP contribution in [0.5, 0.6) is 0 Å². The number of benzene rings is 2. The lowest BCUT2D eigenvalue weighted by Crippen LogP contribution is -1.79. The summed E-state index contributed by atoms with van der Waals surface area (Å²) < 4.78 is 18.0. The molecule has 3 aromatic rings. The van der Waals surface area contributed by atoms with Crippen molar-refractivity contribution in [3.05, 3.63) is 48.3 Å². The molecule has 0 atom stereocenters. The molecule has 0 bridgehead atoms. The van der Waals surface area contributed by atoms with Gasteiger partial charge in [-0.15, -0.1) is 5.10 Å². The minimum atomic E-state index is -0.256. The summed E-state index contributed by atoms with van der Waals surface area (Å²) in [4.78, 5) is 0. The number of hydrogen-bond donors (Lipinski definition) is 0. The lowest BCUT2D eigenvalue weighted by Gasteiger charge is -2.00. The average molecular weight is 214 g/mol. The van der Waals surface area contributed by atoms with E-state index in [0.717, 1.165) is 11.1 Å². The highest BCUT2D eigenvalue weighted by molar-refractivity contribution is 5.79. The highest BCUT2D eigenvalue weighted by Gasteiger charge is 2.04. The van der Waals surface area contributed by atoms with E-state index in [1.165, 1.54) is 12.1 Å². The van der Waals surface area contributed by atoms with Crippen LogP contribution < -0.4 is 0 Å². The summed E-state index contributed by atoms with van der Waals surface area (Å²) in [5.74, 6) is -0.256. The fraction of sp³-hybridized carbons (Fsp3) is 0. The van der Waals surface area contributed by atoms with E-state index >= 15 is 0 Å². The van der Waals surface area contributed by atoms with E-state index in [1.54, 1.807) is 18.2 Å². The number of fused-ring (bicyclic) bond motifs is 1. The Hall–Kier alpha value is -2.23. The number of halogens is 1. The van der Waals surface area contributed by atoms with Crippen molar-refractivity contribution >= 4 is 11.1 Å². The molecular formula is C12H7FN2O. The van der Waals surface area contributed by atoms with Crippen LogP contribution in [0.1, 0.15) is 0 Å². The van der Waals surface area contributed by atoms with Gasteiger partial charge in [0.15, 0.2) is 5.58 Å². The second-order valence-corrected chi connectivity index (χ2v) is 3.47. The van der Waals surface area contributed by atoms with Crippen LogP contribution >= 0.6 is 0 Å². The van der Waals surface area contributed by atoms with E-state index in [-0.39, 0.29) is 5.82 Å². The first-order chi connectivity index (χ1) is 7.83. The quantitative estimate of drug-likeness (QED) is 0.625. The predicted octanol–water partition coefficient (Wildman–Crippen LogP) is 3.03. The van der Waals surface area contributed by atoms with Crippen LogP contribution in [0.15, 0.2) is 47.0 Å². The third-order valence-electron chi connectivity index (χ3n) is 2.41. The molecule has 0 aliphatic rings. The molecule has 2 aromatic carbocycles. The normalized spacial score (nSPS) is 10.8. The van der Waals surface area contributed by atoms with E-state index < -0.39 is 0 Å². The van der Waals surface area contributed by atoms with E-state index in [0.29, 0.717) is 11.1 Å². The van der Waals surface area contributed by atoms with Gasteiger partial charge >= 0.3 is 0 Å². The van der Waals surface area contributed by atoms with Crippen LogP contribution in [-0.4, -0.2) is 10.4 Å². The summed E-state index contributed by atoms with van der Waals surface area (Å²) in [6.07, 6.45) is 0. The first-order valence-electron chi connectivity index (χ1n) is 4.81. The standard InChI is InChI=1S/C12H7FN2O/c13-10-3-1-2-8(6-10)9-4-5-11-12(7-9)16-15-14-11/h1-7H. The SMILES string of the molecule is Fc1cccc(-c2ccc3nnoc3c2)c1. The Morgan fingerprint density at radius 1 is 1.00 bits per heavy atom. The monoisotopic (exact) mass is 214 g/mol. The maximum Gasteiger partial charge on any atom is 0.188 e. The van der Waals surface area contributed by atoms with E-state index in [2.05, 4.69) is 10.4 Å². The molecule has 0 aliphatic carbocycles. The molecule has 3 rings (SSSR count). The summed E-state index contributed by atoms with van der Waals surface area (Å²) in [5, 5.41) is 7.23. The van der Waals surface area contributed by atoms with Crippen LogP contribution in [-0.2, 0) is 0 Å². The van der Waals surface area contributed by atoms with Crippen LogP contribution in [0.4, 0.5) is 4.39 Å². The number of nitrogens with zero attached hydrogens (tertiary/aromatic N) is 2. The van der Waals surface area contributed by atoms with Gasteiger partial charge in [0.05, 0.1) is 0 Å². The first-order valence-corrected chi connectivity index (χ1v) is 4.81. The molecule has 1 aromatic heterocycles. The van der Waals surface area contributed by atoms with Crippen molar-refractivity contribution in [3.63, 3.8) is 0 Å². The molecule has 0 amide bonds. The largest absolute Gasteiger partial charge is 0.337 e. The molecule has 0 unspecified atom stereocenters. The molecule has 4 heteroatoms. The van der Waals surface area contributed by atoms with Crippen molar-refractivity contribution in [2.75, 3.05) is 0 Å². The fourth-order valence-corrected chi connectivity index (χ4v) is 1.63. The van der Waals surface area contributed by atoms with Crippen molar-refractivity contribution in [2.45, 2.75) is 0 Å². The minimum absolute atomic E-state index is 0.256. The van der Waals surface area contributed by atoms with Crippen LogP contribution in [0, 0.1) is 5.82 Å². The molecule has 0 fully saturated rings. The van der Waals surface area contributed by atoms with E-state index in [1.807, 2.05) is 12.1 Å². The first kappa shape index (κ1) is 9.03. The van der Waals surface area contributed by atoms with Crippen molar-refractivity contribution < 1.29 is 8.91 Å². The number of hydrogen-bond acceptors (Lipinski definition) is 3. The topological polar surface area (TPSA) is 38.9 Å². The summed E-state index contributed by atoms with van der Waals surface area (Å²) in [7, 11) is 0. The Kier molecular flexibility index (Phi) is 1.93. The fourth-order valence-electron chi connectivity index (χ4n) is 1.63. The second kappa shape index (κ2) is 3.41. The lowest BCUT2D eigenvalue weighted by atomic mass is 10.1. The molecule has 0 spiro atoms. The molecule has 0 radical (unpaired) electrons. The molecule has 78 valence electrons.